The quantitative estimate of drug-likeness (QED) is 0.423. The van der Waals surface area contributed by atoms with E-state index in [1.807, 2.05) is 0 Å². The Balaban J connectivity index is 1.45. The summed E-state index contributed by atoms with van der Waals surface area (Å²) in [6.45, 7) is 0.259. The first kappa shape index (κ1) is 22.3. The molecule has 0 saturated carbocycles. The minimum Gasteiger partial charge on any atom is -0.445 e. The molecule has 32 heavy (non-hydrogen) atoms. The fourth-order valence-corrected chi connectivity index (χ4v) is 2.73. The summed E-state index contributed by atoms with van der Waals surface area (Å²) in [4.78, 5) is 39.8. The summed E-state index contributed by atoms with van der Waals surface area (Å²) in [5.41, 5.74) is 9.07. The van der Waals surface area contributed by atoms with Gasteiger partial charge in [-0.2, -0.15) is 0 Å². The van der Waals surface area contributed by atoms with Gasteiger partial charge in [0.15, 0.2) is 0 Å². The zero-order chi connectivity index (χ0) is 22.9. The van der Waals surface area contributed by atoms with E-state index in [0.29, 0.717) is 22.5 Å². The van der Waals surface area contributed by atoms with Crippen LogP contribution in [-0.2, 0) is 17.9 Å². The molecule has 5 N–H and O–H groups in total. The molecule has 0 bridgehead atoms. The number of amides is 3. The van der Waals surface area contributed by atoms with Crippen molar-refractivity contribution in [3.63, 3.8) is 0 Å². The number of hydrogen-bond acceptors (Lipinski definition) is 6. The molecule has 0 aliphatic rings. The Hall–Kier alpha value is -4.40. The summed E-state index contributed by atoms with van der Waals surface area (Å²) in [5, 5.41) is 7.88. The first-order valence-corrected chi connectivity index (χ1v) is 9.78. The second-order valence-corrected chi connectivity index (χ2v) is 6.80. The van der Waals surface area contributed by atoms with Gasteiger partial charge in [0.1, 0.15) is 12.3 Å². The Bertz CT molecular complexity index is 1100. The summed E-state index contributed by atoms with van der Waals surface area (Å²) in [6.07, 6.45) is 0.881. The van der Waals surface area contributed by atoms with Crippen LogP contribution in [0.5, 0.6) is 0 Å². The number of pyridine rings is 1. The zero-order valence-corrected chi connectivity index (χ0v) is 17.4. The molecule has 3 rings (SSSR count). The van der Waals surface area contributed by atoms with Crippen molar-refractivity contribution in [3.8, 4) is 0 Å². The Morgan fingerprint density at radius 1 is 0.938 bits per heavy atom. The number of carbonyl (C=O) groups is 3. The Morgan fingerprint density at radius 3 is 2.31 bits per heavy atom. The number of nitrogens with zero attached hydrogens (tertiary/aromatic N) is 1. The molecule has 0 fully saturated rings. The predicted molar refractivity (Wildman–Crippen MR) is 120 cm³/mol. The monoisotopic (exact) mass is 433 g/mol. The lowest BCUT2D eigenvalue weighted by atomic mass is 10.1. The maximum Gasteiger partial charge on any atom is 0.407 e. The molecule has 1 heterocycles. The molecule has 9 nitrogen and oxygen atoms in total. The van der Waals surface area contributed by atoms with E-state index >= 15 is 0 Å². The Labute approximate surface area is 185 Å². The fraction of sp³-hybridized carbons (Fsp3) is 0.130. The van der Waals surface area contributed by atoms with Crippen molar-refractivity contribution >= 4 is 29.3 Å². The van der Waals surface area contributed by atoms with Gasteiger partial charge in [0.05, 0.1) is 11.4 Å². The van der Waals surface area contributed by atoms with Gasteiger partial charge in [0, 0.05) is 30.9 Å². The average Bonchev–Trinajstić information content (AvgIpc) is 2.83. The summed E-state index contributed by atoms with van der Waals surface area (Å²) in [7, 11) is 1.52. The fourth-order valence-electron chi connectivity index (χ4n) is 2.73. The lowest BCUT2D eigenvalue weighted by Crippen LogP contribution is -2.24. The van der Waals surface area contributed by atoms with E-state index in [4.69, 9.17) is 10.5 Å². The number of anilines is 2. The Kier molecular flexibility index (Phi) is 7.37. The normalized spacial score (nSPS) is 10.2. The number of para-hydroxylation sites is 2. The molecule has 164 valence electrons. The summed E-state index contributed by atoms with van der Waals surface area (Å²) >= 11 is 0. The van der Waals surface area contributed by atoms with E-state index in [0.717, 1.165) is 5.56 Å². The first-order chi connectivity index (χ1) is 15.5. The van der Waals surface area contributed by atoms with Crippen molar-refractivity contribution in [3.05, 3.63) is 89.2 Å². The van der Waals surface area contributed by atoms with Gasteiger partial charge in [-0.05, 0) is 35.9 Å². The smallest absolute Gasteiger partial charge is 0.407 e. The number of benzene rings is 2. The molecule has 0 aliphatic carbocycles. The Morgan fingerprint density at radius 2 is 1.66 bits per heavy atom. The van der Waals surface area contributed by atoms with Crippen LogP contribution in [0.4, 0.5) is 16.2 Å². The third-order valence-corrected chi connectivity index (χ3v) is 4.52. The van der Waals surface area contributed by atoms with E-state index in [9.17, 15) is 14.4 Å². The molecule has 0 saturated heterocycles. The molecular weight excluding hydrogens is 410 g/mol. The number of nitrogens with two attached hydrogens (primary N) is 1. The molecule has 2 aromatic carbocycles. The van der Waals surface area contributed by atoms with Crippen LogP contribution in [-0.4, -0.2) is 29.9 Å². The lowest BCUT2D eigenvalue weighted by Gasteiger charge is -2.09. The highest BCUT2D eigenvalue weighted by atomic mass is 16.5. The van der Waals surface area contributed by atoms with Crippen LogP contribution in [0, 0.1) is 0 Å². The van der Waals surface area contributed by atoms with Crippen molar-refractivity contribution in [2.75, 3.05) is 18.1 Å². The van der Waals surface area contributed by atoms with E-state index in [1.165, 1.54) is 13.2 Å². The molecular formula is C23H23N5O4. The van der Waals surface area contributed by atoms with Gasteiger partial charge in [-0.1, -0.05) is 30.3 Å². The van der Waals surface area contributed by atoms with Crippen LogP contribution < -0.4 is 21.7 Å². The van der Waals surface area contributed by atoms with Crippen molar-refractivity contribution in [1.29, 1.82) is 0 Å². The number of nitrogens with one attached hydrogen (secondary N) is 3. The van der Waals surface area contributed by atoms with Gasteiger partial charge in [-0.15, -0.1) is 0 Å². The number of ether oxygens (including phenoxy) is 1. The van der Waals surface area contributed by atoms with Gasteiger partial charge >= 0.3 is 6.09 Å². The highest BCUT2D eigenvalue weighted by Gasteiger charge is 2.09. The van der Waals surface area contributed by atoms with Crippen LogP contribution in [0.3, 0.4) is 0 Å². The topological polar surface area (TPSA) is 135 Å². The third-order valence-electron chi connectivity index (χ3n) is 4.52. The molecule has 1 aromatic heterocycles. The van der Waals surface area contributed by atoms with Gasteiger partial charge in [-0.3, -0.25) is 14.6 Å². The zero-order valence-electron chi connectivity index (χ0n) is 17.4. The van der Waals surface area contributed by atoms with Crippen molar-refractivity contribution in [1.82, 2.24) is 15.6 Å². The second kappa shape index (κ2) is 10.6. The summed E-state index contributed by atoms with van der Waals surface area (Å²) < 4.78 is 5.15. The SMILES string of the molecule is CNC(=O)c1ccc(COC(=O)NCc2ccc(C(=O)Nc3ccccc3N)cc2)cn1. The molecule has 9 heteroatoms. The lowest BCUT2D eigenvalue weighted by molar-refractivity contribution is 0.0956. The highest BCUT2D eigenvalue weighted by Crippen LogP contribution is 2.18. The van der Waals surface area contributed by atoms with E-state index in [-0.39, 0.29) is 30.7 Å². The van der Waals surface area contributed by atoms with Crippen molar-refractivity contribution in [2.24, 2.45) is 0 Å². The molecule has 0 spiro atoms. The maximum absolute atomic E-state index is 12.4. The standard InChI is InChI=1S/C23H23N5O4/c1-25-22(30)20-11-8-16(13-26-20)14-32-23(31)27-12-15-6-9-17(10-7-15)21(29)28-19-5-3-2-4-18(19)24/h2-11,13H,12,14,24H2,1H3,(H,25,30)(H,27,31)(H,28,29). The minimum absolute atomic E-state index is 0.0224. The molecule has 0 atom stereocenters. The largest absolute Gasteiger partial charge is 0.445 e. The second-order valence-electron chi connectivity index (χ2n) is 6.80. The van der Waals surface area contributed by atoms with Crippen LogP contribution >= 0.6 is 0 Å². The van der Waals surface area contributed by atoms with Gasteiger partial charge in [-0.25, -0.2) is 4.79 Å². The summed E-state index contributed by atoms with van der Waals surface area (Å²) in [6, 6.07) is 17.0. The van der Waals surface area contributed by atoms with Gasteiger partial charge in [0.25, 0.3) is 11.8 Å². The van der Waals surface area contributed by atoms with Crippen molar-refractivity contribution in [2.45, 2.75) is 13.2 Å². The van der Waals surface area contributed by atoms with Crippen LogP contribution in [0.25, 0.3) is 0 Å². The molecule has 0 radical (unpaired) electrons. The van der Waals surface area contributed by atoms with Crippen molar-refractivity contribution < 1.29 is 19.1 Å². The van der Waals surface area contributed by atoms with Gasteiger partial charge in [0.2, 0.25) is 0 Å². The van der Waals surface area contributed by atoms with Crippen LogP contribution in [0.15, 0.2) is 66.9 Å². The number of aromatic nitrogens is 1. The number of carbonyl (C=O) groups excluding carboxylic acids is 3. The highest BCUT2D eigenvalue weighted by molar-refractivity contribution is 6.05. The van der Waals surface area contributed by atoms with E-state index in [1.54, 1.807) is 60.7 Å². The number of hydrogen-bond donors (Lipinski definition) is 4. The third kappa shape index (κ3) is 6.05. The maximum atomic E-state index is 12.4. The molecule has 3 amide bonds. The van der Waals surface area contributed by atoms with Gasteiger partial charge < -0.3 is 26.4 Å². The van der Waals surface area contributed by atoms with E-state index in [2.05, 4.69) is 20.9 Å². The molecule has 0 unspecified atom stereocenters. The van der Waals surface area contributed by atoms with Crippen LogP contribution in [0.2, 0.25) is 0 Å². The number of rotatable bonds is 7. The predicted octanol–water partition coefficient (Wildman–Crippen LogP) is 2.70. The molecule has 0 aliphatic heterocycles. The van der Waals surface area contributed by atoms with E-state index < -0.39 is 6.09 Å². The molecule has 3 aromatic rings. The number of alkyl carbamates (subject to hydrolysis) is 1. The summed E-state index contributed by atoms with van der Waals surface area (Å²) in [5.74, 6) is -0.569. The average molecular weight is 433 g/mol. The first-order valence-electron chi connectivity index (χ1n) is 9.78. The number of nitrogen functional groups attached to an aromatic ring is 1. The van der Waals surface area contributed by atoms with Crippen LogP contribution in [0.1, 0.15) is 32.0 Å². The minimum atomic E-state index is -0.596.